The van der Waals surface area contributed by atoms with E-state index < -0.39 is 17.5 Å². The first-order valence-corrected chi connectivity index (χ1v) is 12.1. The lowest BCUT2D eigenvalue weighted by atomic mass is 10.1. The number of amides is 2. The molecule has 2 aliphatic heterocycles. The molecule has 2 amide bonds. The van der Waals surface area contributed by atoms with Gasteiger partial charge < -0.3 is 19.7 Å². The van der Waals surface area contributed by atoms with Crippen molar-refractivity contribution < 1.29 is 32.2 Å². The SMILES string of the molecule is COc1cc(/C=C2/SC(=NCCN3CCCC3=O)NC2=O)ccc1Oc1ccc(Cl)cc1C(F)(F)F. The molecule has 2 heterocycles. The second-order valence-electron chi connectivity index (χ2n) is 7.89. The number of carbonyl (C=O) groups is 2. The Morgan fingerprint density at radius 3 is 2.64 bits per heavy atom. The highest BCUT2D eigenvalue weighted by Crippen LogP contribution is 2.42. The van der Waals surface area contributed by atoms with E-state index in [2.05, 4.69) is 10.3 Å². The molecular formula is C24H21ClF3N3O4S. The number of carbonyl (C=O) groups excluding carboxylic acids is 2. The lowest BCUT2D eigenvalue weighted by Gasteiger charge is -2.16. The summed E-state index contributed by atoms with van der Waals surface area (Å²) in [5.74, 6) is -0.384. The molecule has 0 unspecified atom stereocenters. The first-order valence-electron chi connectivity index (χ1n) is 10.9. The van der Waals surface area contributed by atoms with Crippen LogP contribution in [0.25, 0.3) is 6.08 Å². The number of ether oxygens (including phenoxy) is 2. The molecule has 4 rings (SSSR count). The van der Waals surface area contributed by atoms with Crippen molar-refractivity contribution in [3.63, 3.8) is 0 Å². The smallest absolute Gasteiger partial charge is 0.420 e. The summed E-state index contributed by atoms with van der Waals surface area (Å²) in [5, 5.41) is 3.06. The fourth-order valence-corrected chi connectivity index (χ4v) is 4.67. The van der Waals surface area contributed by atoms with Crippen molar-refractivity contribution in [3.8, 4) is 17.2 Å². The van der Waals surface area contributed by atoms with Crippen LogP contribution in [0.15, 0.2) is 46.3 Å². The minimum absolute atomic E-state index is 0.0645. The zero-order chi connectivity index (χ0) is 25.9. The highest BCUT2D eigenvalue weighted by molar-refractivity contribution is 8.18. The topological polar surface area (TPSA) is 80.2 Å². The molecule has 2 saturated heterocycles. The van der Waals surface area contributed by atoms with Crippen LogP contribution in [0.5, 0.6) is 17.2 Å². The summed E-state index contributed by atoms with van der Waals surface area (Å²) < 4.78 is 51.0. The molecule has 0 radical (unpaired) electrons. The average molecular weight is 540 g/mol. The number of alkyl halides is 3. The zero-order valence-corrected chi connectivity index (χ0v) is 20.6. The molecule has 190 valence electrons. The van der Waals surface area contributed by atoms with Crippen LogP contribution in [0.3, 0.4) is 0 Å². The third-order valence-electron chi connectivity index (χ3n) is 5.40. The molecule has 0 atom stereocenters. The van der Waals surface area contributed by atoms with E-state index in [4.69, 9.17) is 21.1 Å². The molecular weight excluding hydrogens is 519 g/mol. The van der Waals surface area contributed by atoms with Crippen LogP contribution in [0, 0.1) is 0 Å². The van der Waals surface area contributed by atoms with Gasteiger partial charge in [0.15, 0.2) is 16.7 Å². The molecule has 2 aromatic rings. The van der Waals surface area contributed by atoms with E-state index in [1.165, 1.54) is 19.2 Å². The van der Waals surface area contributed by atoms with Crippen molar-refractivity contribution in [1.29, 1.82) is 0 Å². The number of halogens is 4. The highest BCUT2D eigenvalue weighted by Gasteiger charge is 2.35. The summed E-state index contributed by atoms with van der Waals surface area (Å²) in [5.41, 5.74) is -0.434. The number of hydrogen-bond acceptors (Lipinski definition) is 6. The molecule has 1 N–H and O–H groups in total. The van der Waals surface area contributed by atoms with Crippen molar-refractivity contribution in [2.45, 2.75) is 19.0 Å². The van der Waals surface area contributed by atoms with Gasteiger partial charge in [0.2, 0.25) is 5.91 Å². The van der Waals surface area contributed by atoms with Gasteiger partial charge >= 0.3 is 6.18 Å². The molecule has 0 saturated carbocycles. The number of aliphatic imine (C=N–C) groups is 1. The normalized spacial score (nSPS) is 18.3. The highest BCUT2D eigenvalue weighted by atomic mass is 35.5. The molecule has 36 heavy (non-hydrogen) atoms. The second-order valence-corrected chi connectivity index (χ2v) is 9.35. The maximum Gasteiger partial charge on any atom is 0.420 e. The molecule has 0 aliphatic carbocycles. The Kier molecular flexibility index (Phi) is 7.79. The molecule has 0 aromatic heterocycles. The van der Waals surface area contributed by atoms with E-state index in [0.29, 0.717) is 35.1 Å². The fraction of sp³-hybridized carbons (Fsp3) is 0.292. The van der Waals surface area contributed by atoms with Crippen LogP contribution >= 0.6 is 23.4 Å². The Morgan fingerprint density at radius 2 is 1.94 bits per heavy atom. The van der Waals surface area contributed by atoms with E-state index in [1.807, 2.05) is 0 Å². The quantitative estimate of drug-likeness (QED) is 0.480. The Hall–Kier alpha value is -3.18. The first kappa shape index (κ1) is 25.9. The number of benzene rings is 2. The van der Waals surface area contributed by atoms with Crippen LogP contribution in [-0.2, 0) is 15.8 Å². The van der Waals surface area contributed by atoms with Crippen LogP contribution < -0.4 is 14.8 Å². The van der Waals surface area contributed by atoms with Gasteiger partial charge in [-0.3, -0.25) is 14.6 Å². The summed E-state index contributed by atoms with van der Waals surface area (Å²) in [4.78, 5) is 30.5. The third kappa shape index (κ3) is 6.14. The van der Waals surface area contributed by atoms with Gasteiger partial charge in [-0.2, -0.15) is 13.2 Å². The summed E-state index contributed by atoms with van der Waals surface area (Å²) >= 11 is 6.89. The summed E-state index contributed by atoms with van der Waals surface area (Å²) in [7, 11) is 1.36. The number of likely N-dealkylation sites (tertiary alicyclic amines) is 1. The van der Waals surface area contributed by atoms with Crippen molar-refractivity contribution in [3.05, 3.63) is 57.5 Å². The van der Waals surface area contributed by atoms with E-state index in [1.54, 1.807) is 23.1 Å². The van der Waals surface area contributed by atoms with E-state index in [0.717, 1.165) is 36.9 Å². The number of methoxy groups -OCH3 is 1. The minimum atomic E-state index is -4.66. The lowest BCUT2D eigenvalue weighted by molar-refractivity contribution is -0.138. The molecule has 7 nitrogen and oxygen atoms in total. The minimum Gasteiger partial charge on any atom is -0.493 e. The Bertz CT molecular complexity index is 1250. The number of amidine groups is 1. The predicted octanol–water partition coefficient (Wildman–Crippen LogP) is 5.34. The Morgan fingerprint density at radius 1 is 1.17 bits per heavy atom. The van der Waals surface area contributed by atoms with Gasteiger partial charge in [0.25, 0.3) is 5.91 Å². The van der Waals surface area contributed by atoms with Gasteiger partial charge in [-0.15, -0.1) is 0 Å². The standard InChI is InChI=1S/C24H21ClF3N3O4S/c1-34-19-11-14(4-6-18(19)35-17-7-5-15(25)13-16(17)24(26,27)28)12-20-22(33)30-23(36-20)29-8-10-31-9-2-3-21(31)32/h4-7,11-13H,2-3,8-10H2,1H3,(H,29,30,33)/b20-12+. The van der Waals surface area contributed by atoms with Gasteiger partial charge in [-0.25, -0.2) is 0 Å². The van der Waals surface area contributed by atoms with E-state index in [-0.39, 0.29) is 28.3 Å². The number of nitrogens with one attached hydrogen (secondary N) is 1. The van der Waals surface area contributed by atoms with Crippen molar-refractivity contribution >= 4 is 46.4 Å². The van der Waals surface area contributed by atoms with Gasteiger partial charge in [0.1, 0.15) is 5.75 Å². The molecule has 2 fully saturated rings. The summed E-state index contributed by atoms with van der Waals surface area (Å²) in [6.45, 7) is 1.61. The van der Waals surface area contributed by atoms with Gasteiger partial charge in [-0.1, -0.05) is 17.7 Å². The lowest BCUT2D eigenvalue weighted by Crippen LogP contribution is -2.28. The molecule has 0 bridgehead atoms. The number of rotatable bonds is 7. The maximum absolute atomic E-state index is 13.4. The predicted molar refractivity (Wildman–Crippen MR) is 131 cm³/mol. The monoisotopic (exact) mass is 539 g/mol. The van der Waals surface area contributed by atoms with Crippen LogP contribution in [0.1, 0.15) is 24.0 Å². The number of nitrogens with zero attached hydrogens (tertiary/aromatic N) is 2. The maximum atomic E-state index is 13.4. The zero-order valence-electron chi connectivity index (χ0n) is 19.0. The van der Waals surface area contributed by atoms with Gasteiger partial charge in [0, 0.05) is 24.5 Å². The molecule has 12 heteroatoms. The second kappa shape index (κ2) is 10.8. The van der Waals surface area contributed by atoms with Crippen LogP contribution in [-0.4, -0.2) is 48.6 Å². The van der Waals surface area contributed by atoms with Crippen molar-refractivity contribution in [2.24, 2.45) is 4.99 Å². The van der Waals surface area contributed by atoms with Crippen molar-refractivity contribution in [1.82, 2.24) is 10.2 Å². The van der Waals surface area contributed by atoms with Crippen LogP contribution in [0.4, 0.5) is 13.2 Å². The Labute approximate surface area is 214 Å². The Balaban J connectivity index is 1.48. The largest absolute Gasteiger partial charge is 0.493 e. The summed E-state index contributed by atoms with van der Waals surface area (Å²) in [6.07, 6.45) is -1.63. The number of hydrogen-bond donors (Lipinski definition) is 1. The number of thioether (sulfide) groups is 1. The fourth-order valence-electron chi connectivity index (χ4n) is 3.66. The third-order valence-corrected chi connectivity index (χ3v) is 6.58. The van der Waals surface area contributed by atoms with E-state index in [9.17, 15) is 22.8 Å². The van der Waals surface area contributed by atoms with Gasteiger partial charge in [0.05, 0.1) is 24.1 Å². The van der Waals surface area contributed by atoms with Gasteiger partial charge in [-0.05, 0) is 60.2 Å². The van der Waals surface area contributed by atoms with Crippen molar-refractivity contribution in [2.75, 3.05) is 26.7 Å². The molecule has 2 aliphatic rings. The van der Waals surface area contributed by atoms with E-state index >= 15 is 0 Å². The average Bonchev–Trinajstić information content (AvgIpc) is 3.39. The first-order chi connectivity index (χ1) is 17.1. The molecule has 0 spiro atoms. The van der Waals surface area contributed by atoms with Crippen LogP contribution in [0.2, 0.25) is 5.02 Å². The molecule has 2 aromatic carbocycles. The summed E-state index contributed by atoms with van der Waals surface area (Å²) in [6, 6.07) is 7.83.